The van der Waals surface area contributed by atoms with Crippen LogP contribution in [0.1, 0.15) is 27.2 Å². The predicted octanol–water partition coefficient (Wildman–Crippen LogP) is 0.447. The Labute approximate surface area is 142 Å². The van der Waals surface area contributed by atoms with E-state index in [1.165, 1.54) is 0 Å². The van der Waals surface area contributed by atoms with Gasteiger partial charge in [0.05, 0.1) is 25.0 Å². The molecule has 2 atom stereocenters. The molecule has 0 spiro atoms. The number of hydrogen-bond acceptors (Lipinski definition) is 5. The molecule has 0 aromatic rings. The van der Waals surface area contributed by atoms with Gasteiger partial charge in [-0.15, -0.1) is 0 Å². The van der Waals surface area contributed by atoms with E-state index < -0.39 is 12.1 Å². The Morgan fingerprint density at radius 3 is 2.26 bits per heavy atom. The zero-order valence-electron chi connectivity index (χ0n) is 14.0. The summed E-state index contributed by atoms with van der Waals surface area (Å²) in [5.74, 6) is -0.213. The van der Waals surface area contributed by atoms with Gasteiger partial charge >= 0.3 is 6.03 Å². The second-order valence-corrected chi connectivity index (χ2v) is 6.40. The van der Waals surface area contributed by atoms with E-state index in [-0.39, 0.29) is 29.4 Å². The summed E-state index contributed by atoms with van der Waals surface area (Å²) < 4.78 is 5.21. The number of ether oxygens (including phenoxy) is 1. The fraction of sp³-hybridized carbons (Fsp3) is 0.800. The smallest absolute Gasteiger partial charge is 0.318 e. The van der Waals surface area contributed by atoms with Crippen LogP contribution in [-0.2, 0) is 14.3 Å². The highest BCUT2D eigenvalue weighted by atomic mass is 32.1. The van der Waals surface area contributed by atoms with Crippen LogP contribution in [0.3, 0.4) is 0 Å². The number of urea groups is 1. The second-order valence-electron chi connectivity index (χ2n) is 6.09. The van der Waals surface area contributed by atoms with Gasteiger partial charge < -0.3 is 20.3 Å². The van der Waals surface area contributed by atoms with E-state index in [2.05, 4.69) is 23.3 Å². The van der Waals surface area contributed by atoms with E-state index in [0.29, 0.717) is 32.7 Å². The lowest BCUT2D eigenvalue weighted by molar-refractivity contribution is -0.127. The molecule has 1 aliphatic heterocycles. The molecule has 7 nitrogen and oxygen atoms in total. The van der Waals surface area contributed by atoms with Gasteiger partial charge in [0.2, 0.25) is 5.91 Å². The van der Waals surface area contributed by atoms with Gasteiger partial charge in [0, 0.05) is 13.1 Å². The minimum atomic E-state index is -0.666. The topological polar surface area (TPSA) is 87.7 Å². The van der Waals surface area contributed by atoms with E-state index in [9.17, 15) is 14.4 Å². The fourth-order valence-corrected chi connectivity index (χ4v) is 2.51. The van der Waals surface area contributed by atoms with Gasteiger partial charge in [-0.2, -0.15) is 12.6 Å². The summed E-state index contributed by atoms with van der Waals surface area (Å²) in [5.41, 5.74) is 0. The van der Waals surface area contributed by atoms with Crippen molar-refractivity contribution in [1.82, 2.24) is 15.5 Å². The number of carbonyl (C=O) groups is 3. The number of ketones is 1. The number of morpholine rings is 1. The van der Waals surface area contributed by atoms with Gasteiger partial charge in [0.25, 0.3) is 0 Å². The van der Waals surface area contributed by atoms with Gasteiger partial charge in [-0.05, 0) is 19.3 Å². The lowest BCUT2D eigenvalue weighted by Gasteiger charge is -2.29. The summed E-state index contributed by atoms with van der Waals surface area (Å²) in [5, 5.41) is 5.42. The lowest BCUT2D eigenvalue weighted by atomic mass is 10.0. The summed E-state index contributed by atoms with van der Waals surface area (Å²) in [7, 11) is 0. The normalized spacial score (nSPS) is 17.5. The Balaban J connectivity index is 2.65. The molecule has 1 fully saturated rings. The number of Topliss-reactive ketones (excluding diaryl/α,β-unsaturated/α-hetero) is 1. The minimum absolute atomic E-state index is 0.0659. The molecule has 1 aliphatic rings. The molecular weight excluding hydrogens is 318 g/mol. The minimum Gasteiger partial charge on any atom is -0.378 e. The quantitative estimate of drug-likeness (QED) is 0.585. The standard InChI is InChI=1S/C15H27N3O4S/c1-10(2)8-12(14(20)16-11(3)13(19)9-23)17-15(21)18-4-6-22-7-5-18/h10-12,23H,4-9H2,1-3H3,(H,16,20)(H,17,21)/t11-,12-/m0/s1. The van der Waals surface area contributed by atoms with Gasteiger partial charge in [0.1, 0.15) is 6.04 Å². The number of carbonyl (C=O) groups excluding carboxylic acids is 3. The van der Waals surface area contributed by atoms with E-state index in [0.717, 1.165) is 0 Å². The van der Waals surface area contributed by atoms with Gasteiger partial charge in [-0.3, -0.25) is 9.59 Å². The first kappa shape index (κ1) is 19.8. The van der Waals surface area contributed by atoms with Crippen LogP contribution in [0.5, 0.6) is 0 Å². The first-order valence-electron chi connectivity index (χ1n) is 7.92. The molecule has 1 rings (SSSR count). The van der Waals surface area contributed by atoms with Crippen molar-refractivity contribution in [3.05, 3.63) is 0 Å². The highest BCUT2D eigenvalue weighted by Gasteiger charge is 2.27. The lowest BCUT2D eigenvalue weighted by Crippen LogP contribution is -2.55. The van der Waals surface area contributed by atoms with Crippen molar-refractivity contribution < 1.29 is 19.1 Å². The molecule has 23 heavy (non-hydrogen) atoms. The molecule has 0 radical (unpaired) electrons. The van der Waals surface area contributed by atoms with Crippen LogP contribution in [0.15, 0.2) is 0 Å². The van der Waals surface area contributed by atoms with E-state index in [4.69, 9.17) is 4.74 Å². The molecule has 0 saturated carbocycles. The van der Waals surface area contributed by atoms with E-state index in [1.807, 2.05) is 13.8 Å². The monoisotopic (exact) mass is 345 g/mol. The Hall–Kier alpha value is -1.28. The molecular formula is C15H27N3O4S. The molecule has 3 amide bonds. The average Bonchev–Trinajstić information content (AvgIpc) is 2.53. The zero-order valence-corrected chi connectivity index (χ0v) is 14.9. The van der Waals surface area contributed by atoms with Crippen LogP contribution in [0.2, 0.25) is 0 Å². The molecule has 132 valence electrons. The second kappa shape index (κ2) is 9.77. The third-order valence-electron chi connectivity index (χ3n) is 3.62. The number of nitrogens with one attached hydrogen (secondary N) is 2. The van der Waals surface area contributed by atoms with Crippen molar-refractivity contribution in [2.24, 2.45) is 5.92 Å². The number of nitrogens with zero attached hydrogens (tertiary/aromatic N) is 1. The Kier molecular flexibility index (Phi) is 8.40. The van der Waals surface area contributed by atoms with Crippen LogP contribution < -0.4 is 10.6 Å². The van der Waals surface area contributed by atoms with Crippen LogP contribution in [0, 0.1) is 5.92 Å². The molecule has 1 heterocycles. The van der Waals surface area contributed by atoms with Crippen molar-refractivity contribution in [2.45, 2.75) is 39.3 Å². The van der Waals surface area contributed by atoms with Gasteiger partial charge in [0.15, 0.2) is 5.78 Å². The van der Waals surface area contributed by atoms with Crippen molar-refractivity contribution in [3.63, 3.8) is 0 Å². The number of rotatable bonds is 7. The third-order valence-corrected chi connectivity index (χ3v) is 3.93. The molecule has 0 bridgehead atoms. The average molecular weight is 345 g/mol. The highest BCUT2D eigenvalue weighted by molar-refractivity contribution is 7.81. The largest absolute Gasteiger partial charge is 0.378 e. The molecule has 0 aliphatic carbocycles. The van der Waals surface area contributed by atoms with E-state index >= 15 is 0 Å². The summed E-state index contributed by atoms with van der Waals surface area (Å²) in [6, 6.07) is -1.56. The van der Waals surface area contributed by atoms with Crippen LogP contribution >= 0.6 is 12.6 Å². The first-order chi connectivity index (χ1) is 10.8. The Morgan fingerprint density at radius 1 is 1.13 bits per heavy atom. The maximum absolute atomic E-state index is 12.4. The van der Waals surface area contributed by atoms with Crippen LogP contribution in [-0.4, -0.2) is 66.8 Å². The van der Waals surface area contributed by atoms with Crippen LogP contribution in [0.25, 0.3) is 0 Å². The Bertz CT molecular complexity index is 425. The maximum Gasteiger partial charge on any atom is 0.318 e. The van der Waals surface area contributed by atoms with E-state index in [1.54, 1.807) is 11.8 Å². The number of hydrogen-bond donors (Lipinski definition) is 3. The molecule has 8 heteroatoms. The van der Waals surface area contributed by atoms with Crippen LogP contribution in [0.4, 0.5) is 4.79 Å². The maximum atomic E-state index is 12.4. The fourth-order valence-electron chi connectivity index (χ4n) is 2.24. The van der Waals surface area contributed by atoms with Crippen molar-refractivity contribution >= 4 is 30.4 Å². The zero-order chi connectivity index (χ0) is 17.4. The first-order valence-corrected chi connectivity index (χ1v) is 8.55. The molecule has 0 aromatic heterocycles. The predicted molar refractivity (Wildman–Crippen MR) is 90.6 cm³/mol. The van der Waals surface area contributed by atoms with Crippen molar-refractivity contribution in [2.75, 3.05) is 32.1 Å². The summed E-state index contributed by atoms with van der Waals surface area (Å²) >= 11 is 3.92. The SMILES string of the molecule is CC(C)C[C@H](NC(=O)N1CCOCC1)C(=O)N[C@@H](C)C(=O)CS. The molecule has 2 N–H and O–H groups in total. The molecule has 0 unspecified atom stereocenters. The molecule has 0 aromatic carbocycles. The summed E-state index contributed by atoms with van der Waals surface area (Å²) in [6.07, 6.45) is 0.504. The van der Waals surface area contributed by atoms with Crippen molar-refractivity contribution in [3.8, 4) is 0 Å². The summed E-state index contributed by atoms with van der Waals surface area (Å²) in [6.45, 7) is 7.59. The van der Waals surface area contributed by atoms with Gasteiger partial charge in [-0.1, -0.05) is 13.8 Å². The third kappa shape index (κ3) is 6.78. The van der Waals surface area contributed by atoms with Gasteiger partial charge in [-0.25, -0.2) is 4.79 Å². The number of thiol groups is 1. The summed E-state index contributed by atoms with van der Waals surface area (Å²) in [4.78, 5) is 37.8. The molecule has 1 saturated heterocycles. The highest BCUT2D eigenvalue weighted by Crippen LogP contribution is 2.07. The van der Waals surface area contributed by atoms with Crippen molar-refractivity contribution in [1.29, 1.82) is 0 Å². The Morgan fingerprint density at radius 2 is 1.74 bits per heavy atom. The number of amides is 3.